The van der Waals surface area contributed by atoms with Gasteiger partial charge in [0.05, 0.1) is 31.3 Å². The summed E-state index contributed by atoms with van der Waals surface area (Å²) in [5.74, 6) is -0.804. The lowest BCUT2D eigenvalue weighted by atomic mass is 10.1. The number of carbonyl (C=O) groups excluding carboxylic acids is 1. The highest BCUT2D eigenvalue weighted by molar-refractivity contribution is 5.93. The fourth-order valence-electron chi connectivity index (χ4n) is 2.37. The molecule has 0 saturated carbocycles. The van der Waals surface area contributed by atoms with E-state index in [9.17, 15) is 9.18 Å². The van der Waals surface area contributed by atoms with E-state index in [1.54, 1.807) is 6.07 Å². The molecule has 1 N–H and O–H groups in total. The number of esters is 1. The standard InChI is InChI=1S/C17H21FN2O3/c1-4-20(5-2)6-7-23-17(21)13-8-12-9-14(18)16(22-3)10-15(12)19-11-13/h8-11H,4-7H2,1-3H3/p+1. The van der Waals surface area contributed by atoms with Crippen LogP contribution in [0.2, 0.25) is 0 Å². The fourth-order valence-corrected chi connectivity index (χ4v) is 2.37. The summed E-state index contributed by atoms with van der Waals surface area (Å²) in [6, 6.07) is 4.39. The van der Waals surface area contributed by atoms with Gasteiger partial charge in [-0.2, -0.15) is 0 Å². The first-order chi connectivity index (χ1) is 11.1. The molecule has 2 rings (SSSR count). The Morgan fingerprint density at radius 2 is 2.00 bits per heavy atom. The highest BCUT2D eigenvalue weighted by Gasteiger charge is 2.12. The maximum Gasteiger partial charge on any atom is 0.339 e. The van der Waals surface area contributed by atoms with E-state index in [0.29, 0.717) is 23.1 Å². The van der Waals surface area contributed by atoms with Crippen molar-refractivity contribution in [2.75, 3.05) is 33.4 Å². The second kappa shape index (κ2) is 7.87. The van der Waals surface area contributed by atoms with Crippen LogP contribution in [0.25, 0.3) is 10.9 Å². The summed E-state index contributed by atoms with van der Waals surface area (Å²) in [7, 11) is 1.40. The number of aromatic nitrogens is 1. The first-order valence-electron chi connectivity index (χ1n) is 7.73. The number of hydrogen-bond donors (Lipinski definition) is 1. The number of hydrogen-bond acceptors (Lipinski definition) is 4. The molecule has 0 aliphatic heterocycles. The second-order valence-corrected chi connectivity index (χ2v) is 5.25. The Labute approximate surface area is 135 Å². The fraction of sp³-hybridized carbons (Fsp3) is 0.412. The van der Waals surface area contributed by atoms with E-state index in [1.165, 1.54) is 30.3 Å². The number of quaternary nitrogens is 1. The number of nitrogens with zero attached hydrogens (tertiary/aromatic N) is 1. The molecule has 1 aromatic carbocycles. The van der Waals surface area contributed by atoms with Crippen LogP contribution < -0.4 is 9.64 Å². The van der Waals surface area contributed by atoms with E-state index in [1.807, 2.05) is 0 Å². The van der Waals surface area contributed by atoms with E-state index in [4.69, 9.17) is 9.47 Å². The average molecular weight is 321 g/mol. The van der Waals surface area contributed by atoms with Crippen molar-refractivity contribution in [1.29, 1.82) is 0 Å². The minimum Gasteiger partial charge on any atom is -0.494 e. The lowest BCUT2D eigenvalue weighted by molar-refractivity contribution is -0.896. The maximum atomic E-state index is 13.8. The third-order valence-electron chi connectivity index (χ3n) is 3.88. The number of likely N-dealkylation sites (N-methyl/N-ethyl adjacent to an activating group) is 1. The molecule has 0 spiro atoms. The smallest absolute Gasteiger partial charge is 0.339 e. The zero-order chi connectivity index (χ0) is 16.8. The summed E-state index contributed by atoms with van der Waals surface area (Å²) in [5, 5.41) is 0.534. The van der Waals surface area contributed by atoms with Crippen molar-refractivity contribution in [1.82, 2.24) is 4.98 Å². The normalized spacial score (nSPS) is 11.0. The minimum atomic E-state index is -0.488. The third-order valence-corrected chi connectivity index (χ3v) is 3.88. The van der Waals surface area contributed by atoms with Crippen LogP contribution in [0.3, 0.4) is 0 Å². The van der Waals surface area contributed by atoms with Crippen LogP contribution in [-0.4, -0.2) is 44.3 Å². The van der Waals surface area contributed by atoms with Gasteiger partial charge in [-0.15, -0.1) is 0 Å². The average Bonchev–Trinajstić information content (AvgIpc) is 2.57. The van der Waals surface area contributed by atoms with Crippen LogP contribution in [0.5, 0.6) is 5.75 Å². The molecule has 0 aliphatic carbocycles. The second-order valence-electron chi connectivity index (χ2n) is 5.25. The monoisotopic (exact) mass is 321 g/mol. The van der Waals surface area contributed by atoms with Crippen molar-refractivity contribution in [2.45, 2.75) is 13.8 Å². The molecule has 0 bridgehead atoms. The molecule has 124 valence electrons. The van der Waals surface area contributed by atoms with Crippen LogP contribution in [0.15, 0.2) is 24.4 Å². The molecule has 0 unspecified atom stereocenters. The van der Waals surface area contributed by atoms with E-state index in [2.05, 4.69) is 18.8 Å². The lowest BCUT2D eigenvalue weighted by Crippen LogP contribution is -3.11. The molecular formula is C17H22FN2O3+. The van der Waals surface area contributed by atoms with Crippen molar-refractivity contribution in [3.8, 4) is 5.75 Å². The van der Waals surface area contributed by atoms with E-state index >= 15 is 0 Å². The molecule has 0 saturated heterocycles. The van der Waals surface area contributed by atoms with Gasteiger partial charge in [0.25, 0.3) is 0 Å². The highest BCUT2D eigenvalue weighted by Crippen LogP contribution is 2.24. The van der Waals surface area contributed by atoms with Crippen molar-refractivity contribution in [3.63, 3.8) is 0 Å². The maximum absolute atomic E-state index is 13.8. The number of rotatable bonds is 7. The van der Waals surface area contributed by atoms with Crippen molar-refractivity contribution in [2.24, 2.45) is 0 Å². The van der Waals surface area contributed by atoms with Gasteiger partial charge in [-0.1, -0.05) is 0 Å². The molecule has 0 aliphatic rings. The van der Waals surface area contributed by atoms with Crippen LogP contribution in [0, 0.1) is 5.82 Å². The predicted molar refractivity (Wildman–Crippen MR) is 85.4 cm³/mol. The number of fused-ring (bicyclic) bond motifs is 1. The van der Waals surface area contributed by atoms with Gasteiger partial charge < -0.3 is 14.4 Å². The van der Waals surface area contributed by atoms with Crippen LogP contribution in [0.4, 0.5) is 4.39 Å². The quantitative estimate of drug-likeness (QED) is 0.785. The molecule has 2 aromatic rings. The number of benzene rings is 1. The summed E-state index contributed by atoms with van der Waals surface area (Å²) in [6.07, 6.45) is 1.44. The van der Waals surface area contributed by atoms with Gasteiger partial charge in [-0.3, -0.25) is 4.98 Å². The Hall–Kier alpha value is -2.21. The van der Waals surface area contributed by atoms with E-state index in [-0.39, 0.29) is 5.75 Å². The zero-order valence-electron chi connectivity index (χ0n) is 13.7. The summed E-state index contributed by atoms with van der Waals surface area (Å²) in [5.41, 5.74) is 0.879. The first kappa shape index (κ1) is 17.1. The molecule has 5 nitrogen and oxygen atoms in total. The lowest BCUT2D eigenvalue weighted by Gasteiger charge is -2.15. The Morgan fingerprint density at radius 1 is 1.26 bits per heavy atom. The van der Waals surface area contributed by atoms with Gasteiger partial charge >= 0.3 is 5.97 Å². The molecule has 23 heavy (non-hydrogen) atoms. The van der Waals surface area contributed by atoms with Gasteiger partial charge in [-0.05, 0) is 26.0 Å². The Morgan fingerprint density at radius 3 is 2.65 bits per heavy atom. The largest absolute Gasteiger partial charge is 0.494 e. The van der Waals surface area contributed by atoms with E-state index in [0.717, 1.165) is 19.6 Å². The minimum absolute atomic E-state index is 0.127. The Kier molecular flexibility index (Phi) is 5.87. The number of carbonyl (C=O) groups is 1. The molecule has 6 heteroatoms. The first-order valence-corrected chi connectivity index (χ1v) is 7.73. The van der Waals surface area contributed by atoms with Gasteiger partial charge in [0, 0.05) is 17.6 Å². The topological polar surface area (TPSA) is 52.9 Å². The number of methoxy groups -OCH3 is 1. The van der Waals surface area contributed by atoms with Crippen molar-refractivity contribution >= 4 is 16.9 Å². The summed E-state index contributed by atoms with van der Waals surface area (Å²) in [4.78, 5) is 17.6. The Balaban J connectivity index is 2.09. The van der Waals surface area contributed by atoms with Crippen molar-refractivity contribution in [3.05, 3.63) is 35.8 Å². The van der Waals surface area contributed by atoms with Gasteiger partial charge in [0.1, 0.15) is 13.2 Å². The Bertz CT molecular complexity index is 687. The van der Waals surface area contributed by atoms with Crippen LogP contribution >= 0.6 is 0 Å². The SMILES string of the molecule is CC[NH+](CC)CCOC(=O)c1cnc2cc(OC)c(F)cc2c1. The molecule has 0 amide bonds. The summed E-state index contributed by atoms with van der Waals surface area (Å²) < 4.78 is 23.9. The van der Waals surface area contributed by atoms with Crippen LogP contribution in [0.1, 0.15) is 24.2 Å². The van der Waals surface area contributed by atoms with Gasteiger partial charge in [0.2, 0.25) is 0 Å². The number of ether oxygens (including phenoxy) is 2. The third kappa shape index (κ3) is 4.16. The van der Waals surface area contributed by atoms with Gasteiger partial charge in [-0.25, -0.2) is 9.18 Å². The predicted octanol–water partition coefficient (Wildman–Crippen LogP) is 1.46. The molecule has 1 heterocycles. The summed E-state index contributed by atoms with van der Waals surface area (Å²) in [6.45, 7) is 7.29. The molecule has 0 atom stereocenters. The molecular weight excluding hydrogens is 299 g/mol. The summed E-state index contributed by atoms with van der Waals surface area (Å²) >= 11 is 0. The van der Waals surface area contributed by atoms with Crippen LogP contribution in [-0.2, 0) is 4.74 Å². The number of halogens is 1. The zero-order valence-corrected chi connectivity index (χ0v) is 13.7. The number of nitrogens with one attached hydrogen (secondary N) is 1. The molecule has 0 radical (unpaired) electrons. The van der Waals surface area contributed by atoms with Gasteiger partial charge in [0.15, 0.2) is 11.6 Å². The van der Waals surface area contributed by atoms with Crippen molar-refractivity contribution < 1.29 is 23.6 Å². The number of pyridine rings is 1. The molecule has 0 fully saturated rings. The van der Waals surface area contributed by atoms with E-state index < -0.39 is 11.8 Å². The highest BCUT2D eigenvalue weighted by atomic mass is 19.1. The molecule has 1 aromatic heterocycles.